The van der Waals surface area contributed by atoms with Crippen LogP contribution in [0.5, 0.6) is 17.5 Å². The Labute approximate surface area is 175 Å². The van der Waals surface area contributed by atoms with Gasteiger partial charge >= 0.3 is 12.2 Å². The molecule has 0 aliphatic heterocycles. The first-order valence-corrected chi connectivity index (χ1v) is 8.93. The van der Waals surface area contributed by atoms with Crippen LogP contribution in [0.2, 0.25) is 0 Å². The van der Waals surface area contributed by atoms with E-state index >= 15 is 0 Å². The normalized spacial score (nSPS) is 10.9. The van der Waals surface area contributed by atoms with Gasteiger partial charge in [-0.1, -0.05) is 24.8 Å². The molecule has 0 amide bonds. The molecular weight excluding hydrogens is 415 g/mol. The van der Waals surface area contributed by atoms with Crippen LogP contribution in [0.3, 0.4) is 0 Å². The lowest BCUT2D eigenvalue weighted by molar-refractivity contribution is -0.154. The first kappa shape index (κ1) is 21.7. The number of phenolic OH excluding ortho intramolecular Hbond substituents is 1. The van der Waals surface area contributed by atoms with E-state index in [1.165, 1.54) is 12.1 Å². The Morgan fingerprint density at radius 1 is 0.935 bits per heavy atom. The predicted octanol–water partition coefficient (Wildman–Crippen LogP) is 4.57. The Morgan fingerprint density at radius 2 is 1.58 bits per heavy atom. The minimum atomic E-state index is -4.56. The Hall–Kier alpha value is -4.02. The van der Waals surface area contributed by atoms with Crippen LogP contribution in [0, 0.1) is 0 Å². The Bertz CT molecular complexity index is 1050. The molecule has 0 radical (unpaired) electrons. The van der Waals surface area contributed by atoms with E-state index in [1.807, 2.05) is 0 Å². The van der Waals surface area contributed by atoms with E-state index in [1.54, 1.807) is 42.5 Å². The lowest BCUT2D eigenvalue weighted by Crippen LogP contribution is -2.20. The van der Waals surface area contributed by atoms with Gasteiger partial charge in [-0.3, -0.25) is 0 Å². The molecule has 0 saturated heterocycles. The minimum absolute atomic E-state index is 0.0118. The summed E-state index contributed by atoms with van der Waals surface area (Å²) in [6, 6.07) is 12.3. The van der Waals surface area contributed by atoms with E-state index in [0.717, 1.165) is 0 Å². The number of halogens is 3. The number of nitrogens with one attached hydrogen (secondary N) is 2. The number of nitrogens with zero attached hydrogens (tertiary/aromatic N) is 3. The molecule has 0 aliphatic carbocycles. The summed E-state index contributed by atoms with van der Waals surface area (Å²) in [7, 11) is 0. The highest BCUT2D eigenvalue weighted by atomic mass is 19.4. The van der Waals surface area contributed by atoms with Gasteiger partial charge in [0.05, 0.1) is 0 Å². The summed E-state index contributed by atoms with van der Waals surface area (Å²) in [6.07, 6.45) is -2.97. The second-order valence-corrected chi connectivity index (χ2v) is 6.10. The van der Waals surface area contributed by atoms with Crippen molar-refractivity contribution in [2.75, 3.05) is 23.8 Å². The number of aromatic hydroxyl groups is 1. The molecule has 1 aromatic heterocycles. The van der Waals surface area contributed by atoms with Crippen LogP contribution in [-0.2, 0) is 0 Å². The molecule has 2 aromatic carbocycles. The molecule has 0 bridgehead atoms. The molecule has 3 rings (SSSR count). The smallest absolute Gasteiger partial charge is 0.422 e. The maximum Gasteiger partial charge on any atom is 0.422 e. The third kappa shape index (κ3) is 7.07. The van der Waals surface area contributed by atoms with Gasteiger partial charge in [-0.15, -0.1) is 0 Å². The predicted molar refractivity (Wildman–Crippen MR) is 108 cm³/mol. The van der Waals surface area contributed by atoms with E-state index in [-0.39, 0.29) is 17.6 Å². The molecule has 3 aromatic rings. The maximum atomic E-state index is 12.6. The van der Waals surface area contributed by atoms with Crippen molar-refractivity contribution in [3.8, 4) is 17.5 Å². The van der Waals surface area contributed by atoms with Crippen molar-refractivity contribution >= 4 is 23.3 Å². The standard InChI is InChI=1S/C20H18F3N5O3/c1-2-9-30-16-8-4-6-14(11-16)25-18-26-17(24-13-5-3-7-15(29)10-13)27-19(28-18)31-12-20(21,22)23/h2-8,10-11,29H,1,9,12H2,(H2,24,25,26,27,28). The average molecular weight is 433 g/mol. The third-order valence-corrected chi connectivity index (χ3v) is 3.54. The van der Waals surface area contributed by atoms with Crippen LogP contribution < -0.4 is 20.1 Å². The topological polar surface area (TPSA) is 101 Å². The molecule has 162 valence electrons. The van der Waals surface area contributed by atoms with Crippen molar-refractivity contribution in [1.29, 1.82) is 0 Å². The van der Waals surface area contributed by atoms with E-state index in [4.69, 9.17) is 4.74 Å². The number of alkyl halides is 3. The quantitative estimate of drug-likeness (QED) is 0.422. The Kier molecular flexibility index (Phi) is 6.75. The highest BCUT2D eigenvalue weighted by Gasteiger charge is 2.29. The number of ether oxygens (including phenoxy) is 2. The second-order valence-electron chi connectivity index (χ2n) is 6.10. The molecule has 0 atom stereocenters. The Balaban J connectivity index is 1.86. The summed E-state index contributed by atoms with van der Waals surface area (Å²) in [5.74, 6) is 0.392. The van der Waals surface area contributed by atoms with Gasteiger partial charge < -0.3 is 25.2 Å². The first-order valence-electron chi connectivity index (χ1n) is 8.93. The van der Waals surface area contributed by atoms with Crippen LogP contribution in [0.1, 0.15) is 0 Å². The monoisotopic (exact) mass is 433 g/mol. The van der Waals surface area contributed by atoms with Crippen molar-refractivity contribution in [2.24, 2.45) is 0 Å². The van der Waals surface area contributed by atoms with Crippen molar-refractivity contribution in [3.05, 3.63) is 61.2 Å². The summed E-state index contributed by atoms with van der Waals surface area (Å²) in [4.78, 5) is 11.9. The summed E-state index contributed by atoms with van der Waals surface area (Å²) in [6.45, 7) is 2.32. The van der Waals surface area contributed by atoms with Crippen molar-refractivity contribution in [3.63, 3.8) is 0 Å². The van der Waals surface area contributed by atoms with E-state index in [9.17, 15) is 18.3 Å². The number of rotatable bonds is 9. The van der Waals surface area contributed by atoms with Gasteiger partial charge in [0.1, 0.15) is 18.1 Å². The zero-order valence-electron chi connectivity index (χ0n) is 16.1. The van der Waals surface area contributed by atoms with Gasteiger partial charge in [-0.05, 0) is 24.3 Å². The zero-order chi connectivity index (χ0) is 22.3. The van der Waals surface area contributed by atoms with Crippen LogP contribution in [0.4, 0.5) is 36.4 Å². The SMILES string of the molecule is C=CCOc1cccc(Nc2nc(Nc3cccc(O)c3)nc(OCC(F)(F)F)n2)c1. The van der Waals surface area contributed by atoms with Gasteiger partial charge in [0, 0.05) is 23.5 Å². The average Bonchev–Trinajstić information content (AvgIpc) is 2.70. The van der Waals surface area contributed by atoms with Gasteiger partial charge in [0.2, 0.25) is 11.9 Å². The van der Waals surface area contributed by atoms with Crippen molar-refractivity contribution in [1.82, 2.24) is 15.0 Å². The van der Waals surface area contributed by atoms with Crippen molar-refractivity contribution < 1.29 is 27.8 Å². The lowest BCUT2D eigenvalue weighted by Gasteiger charge is -2.12. The Morgan fingerprint density at radius 3 is 2.19 bits per heavy atom. The molecule has 3 N–H and O–H groups in total. The van der Waals surface area contributed by atoms with Crippen LogP contribution in [-0.4, -0.2) is 39.4 Å². The summed E-state index contributed by atoms with van der Waals surface area (Å²) < 4.78 is 47.8. The van der Waals surface area contributed by atoms with Gasteiger partial charge in [-0.2, -0.15) is 28.1 Å². The summed E-state index contributed by atoms with van der Waals surface area (Å²) in [5, 5.41) is 15.2. The number of phenols is 1. The lowest BCUT2D eigenvalue weighted by atomic mass is 10.3. The highest BCUT2D eigenvalue weighted by Crippen LogP contribution is 2.24. The third-order valence-electron chi connectivity index (χ3n) is 3.54. The fourth-order valence-electron chi connectivity index (χ4n) is 2.34. The molecule has 0 fully saturated rings. The van der Waals surface area contributed by atoms with E-state index in [0.29, 0.717) is 23.7 Å². The number of anilines is 4. The largest absolute Gasteiger partial charge is 0.508 e. The van der Waals surface area contributed by atoms with Gasteiger partial charge in [-0.25, -0.2) is 0 Å². The van der Waals surface area contributed by atoms with E-state index < -0.39 is 18.8 Å². The summed E-state index contributed by atoms with van der Waals surface area (Å²) in [5.41, 5.74) is 0.941. The molecule has 1 heterocycles. The minimum Gasteiger partial charge on any atom is -0.508 e. The van der Waals surface area contributed by atoms with Gasteiger partial charge in [0.25, 0.3) is 0 Å². The van der Waals surface area contributed by atoms with E-state index in [2.05, 4.69) is 36.9 Å². The molecular formula is C20H18F3N5O3. The first-order chi connectivity index (χ1) is 14.8. The van der Waals surface area contributed by atoms with Crippen LogP contribution in [0.15, 0.2) is 61.2 Å². The maximum absolute atomic E-state index is 12.6. The molecule has 0 aliphatic rings. The van der Waals surface area contributed by atoms with Crippen molar-refractivity contribution in [2.45, 2.75) is 6.18 Å². The molecule has 31 heavy (non-hydrogen) atoms. The van der Waals surface area contributed by atoms with Crippen LogP contribution >= 0.6 is 0 Å². The molecule has 0 unspecified atom stereocenters. The number of aromatic nitrogens is 3. The molecule has 0 saturated carbocycles. The molecule has 8 nitrogen and oxygen atoms in total. The fraction of sp³-hybridized carbons (Fsp3) is 0.150. The number of hydrogen-bond acceptors (Lipinski definition) is 8. The second kappa shape index (κ2) is 9.65. The zero-order valence-corrected chi connectivity index (χ0v) is 16.1. The summed E-state index contributed by atoms with van der Waals surface area (Å²) >= 11 is 0. The number of hydrogen-bond donors (Lipinski definition) is 3. The van der Waals surface area contributed by atoms with Crippen LogP contribution in [0.25, 0.3) is 0 Å². The molecule has 11 heteroatoms. The number of benzene rings is 2. The molecule has 0 spiro atoms. The fourth-order valence-corrected chi connectivity index (χ4v) is 2.34. The van der Waals surface area contributed by atoms with Gasteiger partial charge in [0.15, 0.2) is 6.61 Å². The highest BCUT2D eigenvalue weighted by molar-refractivity contribution is 5.59.